The van der Waals surface area contributed by atoms with Gasteiger partial charge in [-0.1, -0.05) is 12.1 Å². The van der Waals surface area contributed by atoms with Crippen LogP contribution >= 0.6 is 0 Å². The van der Waals surface area contributed by atoms with Gasteiger partial charge in [0.1, 0.15) is 11.9 Å². The first kappa shape index (κ1) is 18.5. The Morgan fingerprint density at radius 3 is 2.65 bits per heavy atom. The summed E-state index contributed by atoms with van der Waals surface area (Å²) in [6.07, 6.45) is 1.97. The molecule has 0 saturated heterocycles. The summed E-state index contributed by atoms with van der Waals surface area (Å²) in [5, 5.41) is 9.74. The lowest BCUT2D eigenvalue weighted by molar-refractivity contribution is 0.134. The Morgan fingerprint density at radius 1 is 1.27 bits per heavy atom. The van der Waals surface area contributed by atoms with E-state index in [4.69, 9.17) is 8.92 Å². The van der Waals surface area contributed by atoms with E-state index in [-0.39, 0.29) is 12.4 Å². The van der Waals surface area contributed by atoms with Gasteiger partial charge in [-0.3, -0.25) is 4.18 Å². The molecule has 0 N–H and O–H groups in total. The number of hydrogen-bond acceptors (Lipinski definition) is 5. The molecule has 0 bridgehead atoms. The van der Waals surface area contributed by atoms with Crippen LogP contribution in [0.5, 0.6) is 0 Å². The van der Waals surface area contributed by atoms with Crippen molar-refractivity contribution in [3.05, 3.63) is 58.4 Å². The maximum atomic E-state index is 13.2. The molecule has 0 amide bonds. The zero-order valence-electron chi connectivity index (χ0n) is 14.3. The fourth-order valence-corrected chi connectivity index (χ4v) is 3.55. The van der Waals surface area contributed by atoms with Gasteiger partial charge in [-0.15, -0.1) is 0 Å². The maximum Gasteiger partial charge on any atom is 0.264 e. The molecule has 26 heavy (non-hydrogen) atoms. The van der Waals surface area contributed by atoms with Gasteiger partial charge in [0.2, 0.25) is 0 Å². The highest BCUT2D eigenvalue weighted by Crippen LogP contribution is 2.35. The van der Waals surface area contributed by atoms with Crippen LogP contribution in [0.1, 0.15) is 28.7 Å². The maximum absolute atomic E-state index is 13.2. The molecule has 0 fully saturated rings. The predicted octanol–water partition coefficient (Wildman–Crippen LogP) is 3.30. The minimum Gasteiger partial charge on any atom is -0.372 e. The first-order valence-electron chi connectivity index (χ1n) is 8.15. The lowest BCUT2D eigenvalue weighted by Crippen LogP contribution is -2.07. The van der Waals surface area contributed by atoms with Gasteiger partial charge in [0.05, 0.1) is 31.6 Å². The van der Waals surface area contributed by atoms with E-state index in [0.717, 1.165) is 34.1 Å². The van der Waals surface area contributed by atoms with Gasteiger partial charge >= 0.3 is 0 Å². The molecule has 5 nitrogen and oxygen atoms in total. The van der Waals surface area contributed by atoms with Crippen LogP contribution in [0.15, 0.2) is 30.3 Å². The molecule has 2 aromatic carbocycles. The van der Waals surface area contributed by atoms with Crippen LogP contribution in [0, 0.1) is 17.1 Å². The Labute approximate surface area is 152 Å². The summed E-state index contributed by atoms with van der Waals surface area (Å²) in [4.78, 5) is 0. The van der Waals surface area contributed by atoms with Gasteiger partial charge in [-0.2, -0.15) is 13.7 Å². The summed E-state index contributed by atoms with van der Waals surface area (Å²) >= 11 is 0. The summed E-state index contributed by atoms with van der Waals surface area (Å²) in [6, 6.07) is 10.2. The summed E-state index contributed by atoms with van der Waals surface area (Å²) in [5.74, 6) is -0.338. The van der Waals surface area contributed by atoms with Crippen molar-refractivity contribution in [1.29, 1.82) is 5.26 Å². The average molecular weight is 375 g/mol. The van der Waals surface area contributed by atoms with Crippen molar-refractivity contribution in [2.24, 2.45) is 0 Å². The van der Waals surface area contributed by atoms with Gasteiger partial charge < -0.3 is 4.74 Å². The largest absolute Gasteiger partial charge is 0.372 e. The molecule has 0 atom stereocenters. The number of benzene rings is 2. The van der Waals surface area contributed by atoms with Gasteiger partial charge in [-0.05, 0) is 53.3 Å². The molecular formula is C19H18FNO4S. The van der Waals surface area contributed by atoms with Crippen LogP contribution in [0.4, 0.5) is 4.39 Å². The standard InChI is InChI=1S/C19H18FNO4S/c1-26(22,23)25-8-2-3-16-18(10-21)17(9-14-11-24-12-19(14)16)13-4-6-15(20)7-5-13/h4-7,9H,2-3,8,11-12H2,1H3. The molecule has 7 heteroatoms. The molecule has 0 unspecified atom stereocenters. The molecule has 0 aliphatic carbocycles. The number of rotatable bonds is 6. The van der Waals surface area contributed by atoms with Crippen molar-refractivity contribution in [3.63, 3.8) is 0 Å². The van der Waals surface area contributed by atoms with Crippen molar-refractivity contribution >= 4 is 10.1 Å². The number of nitrogens with zero attached hydrogens (tertiary/aromatic N) is 1. The van der Waals surface area contributed by atoms with Crippen molar-refractivity contribution < 1.29 is 21.7 Å². The van der Waals surface area contributed by atoms with E-state index in [9.17, 15) is 18.1 Å². The summed E-state index contributed by atoms with van der Waals surface area (Å²) in [6.45, 7) is 0.943. The lowest BCUT2D eigenvalue weighted by atomic mass is 9.88. The van der Waals surface area contributed by atoms with Crippen LogP contribution in [0.25, 0.3) is 11.1 Å². The van der Waals surface area contributed by atoms with E-state index in [1.165, 1.54) is 12.1 Å². The quantitative estimate of drug-likeness (QED) is 0.572. The zero-order valence-corrected chi connectivity index (χ0v) is 15.1. The summed E-state index contributed by atoms with van der Waals surface area (Å²) < 4.78 is 45.7. The van der Waals surface area contributed by atoms with Gasteiger partial charge in [0, 0.05) is 5.56 Å². The Balaban J connectivity index is 1.97. The van der Waals surface area contributed by atoms with Crippen LogP contribution < -0.4 is 0 Å². The van der Waals surface area contributed by atoms with Crippen LogP contribution in [0.2, 0.25) is 0 Å². The van der Waals surface area contributed by atoms with Crippen molar-refractivity contribution in [2.75, 3.05) is 12.9 Å². The predicted molar refractivity (Wildman–Crippen MR) is 94.2 cm³/mol. The molecular weight excluding hydrogens is 357 g/mol. The second kappa shape index (κ2) is 7.54. The summed E-state index contributed by atoms with van der Waals surface area (Å²) in [5.41, 5.74) is 4.83. The van der Waals surface area contributed by atoms with Crippen molar-refractivity contribution in [2.45, 2.75) is 26.1 Å². The fourth-order valence-electron chi connectivity index (χ4n) is 3.13. The SMILES string of the molecule is CS(=O)(=O)OCCCc1c(C#N)c(-c2ccc(F)cc2)cc2c1COC2. The Kier molecular flexibility index (Phi) is 5.37. The Morgan fingerprint density at radius 2 is 2.00 bits per heavy atom. The minimum absolute atomic E-state index is 0.0557. The Hall–Kier alpha value is -2.27. The molecule has 0 radical (unpaired) electrons. The number of nitriles is 1. The van der Waals surface area contributed by atoms with E-state index >= 15 is 0 Å². The van der Waals surface area contributed by atoms with E-state index in [2.05, 4.69) is 6.07 Å². The Bertz CT molecular complexity index is 963. The normalized spacial score (nSPS) is 13.4. The third kappa shape index (κ3) is 4.10. The second-order valence-electron chi connectivity index (χ2n) is 6.16. The van der Waals surface area contributed by atoms with Crippen molar-refractivity contribution in [3.8, 4) is 17.2 Å². The second-order valence-corrected chi connectivity index (χ2v) is 7.80. The molecule has 1 aliphatic heterocycles. The van der Waals surface area contributed by atoms with Gasteiger partial charge in [-0.25, -0.2) is 4.39 Å². The smallest absolute Gasteiger partial charge is 0.264 e. The average Bonchev–Trinajstić information content (AvgIpc) is 3.06. The molecule has 136 valence electrons. The fraction of sp³-hybridized carbons (Fsp3) is 0.316. The van der Waals surface area contributed by atoms with E-state index in [1.54, 1.807) is 12.1 Å². The van der Waals surface area contributed by atoms with Crippen molar-refractivity contribution in [1.82, 2.24) is 0 Å². The third-order valence-electron chi connectivity index (χ3n) is 4.28. The minimum atomic E-state index is -3.49. The number of ether oxygens (including phenoxy) is 1. The zero-order chi connectivity index (χ0) is 18.7. The molecule has 1 aliphatic rings. The molecule has 0 saturated carbocycles. The highest BCUT2D eigenvalue weighted by atomic mass is 32.2. The van der Waals surface area contributed by atoms with Crippen LogP contribution in [-0.2, 0) is 38.7 Å². The number of hydrogen-bond donors (Lipinski definition) is 0. The third-order valence-corrected chi connectivity index (χ3v) is 4.88. The monoisotopic (exact) mass is 375 g/mol. The molecule has 0 aromatic heterocycles. The summed E-state index contributed by atoms with van der Waals surface area (Å²) in [7, 11) is -3.49. The molecule has 3 rings (SSSR count). The van der Waals surface area contributed by atoms with Gasteiger partial charge in [0.25, 0.3) is 10.1 Å². The van der Waals surface area contributed by atoms with E-state index < -0.39 is 10.1 Å². The topological polar surface area (TPSA) is 76.4 Å². The first-order valence-corrected chi connectivity index (χ1v) is 9.96. The number of fused-ring (bicyclic) bond motifs is 1. The molecule has 1 heterocycles. The van der Waals surface area contributed by atoms with E-state index in [1.807, 2.05) is 6.07 Å². The molecule has 0 spiro atoms. The van der Waals surface area contributed by atoms with E-state index in [0.29, 0.717) is 31.6 Å². The highest BCUT2D eigenvalue weighted by Gasteiger charge is 2.22. The highest BCUT2D eigenvalue weighted by molar-refractivity contribution is 7.85. The number of halogens is 1. The van der Waals surface area contributed by atoms with Gasteiger partial charge in [0.15, 0.2) is 0 Å². The first-order chi connectivity index (χ1) is 12.4. The molecule has 2 aromatic rings. The van der Waals surface area contributed by atoms with Crippen LogP contribution in [-0.4, -0.2) is 21.3 Å². The van der Waals surface area contributed by atoms with Crippen LogP contribution in [0.3, 0.4) is 0 Å². The lowest BCUT2D eigenvalue weighted by Gasteiger charge is -2.15.